The first-order chi connectivity index (χ1) is 36.1. The molecule has 0 aromatic heterocycles. The fourth-order valence-electron chi connectivity index (χ4n) is 9.75. The van der Waals surface area contributed by atoms with Crippen LogP contribution < -0.4 is 14.8 Å². The number of aliphatic carboxylic acids is 1. The van der Waals surface area contributed by atoms with Crippen LogP contribution >= 0.6 is 0 Å². The number of aliphatic hydroxyl groups excluding tert-OH is 6. The molecule has 2 aromatic rings. The van der Waals surface area contributed by atoms with E-state index < -0.39 is 123 Å². The van der Waals surface area contributed by atoms with Crippen molar-refractivity contribution in [3.63, 3.8) is 0 Å². The lowest BCUT2D eigenvalue weighted by atomic mass is 9.85. The highest BCUT2D eigenvalue weighted by molar-refractivity contribution is 5.95. The number of methoxy groups -OCH3 is 3. The molecule has 75 heavy (non-hydrogen) atoms. The summed E-state index contributed by atoms with van der Waals surface area (Å²) in [5.74, 6) is -3.06. The molecule has 23 nitrogen and oxygen atoms in total. The fourth-order valence-corrected chi connectivity index (χ4v) is 9.75. The van der Waals surface area contributed by atoms with E-state index in [2.05, 4.69) is 5.32 Å². The summed E-state index contributed by atoms with van der Waals surface area (Å²) in [7, 11) is 4.15. The number of hydrogen-bond donors (Lipinski definition) is 8. The summed E-state index contributed by atoms with van der Waals surface area (Å²) in [5.41, 5.74) is 0.191. The van der Waals surface area contributed by atoms with Crippen molar-refractivity contribution in [1.29, 1.82) is 0 Å². The molecule has 0 spiro atoms. The maximum atomic E-state index is 14.8. The van der Waals surface area contributed by atoms with Gasteiger partial charge in [0, 0.05) is 24.8 Å². The molecule has 23 heteroatoms. The maximum absolute atomic E-state index is 14.8. The lowest BCUT2D eigenvalue weighted by Gasteiger charge is -2.49. The summed E-state index contributed by atoms with van der Waals surface area (Å²) in [6, 6.07) is 12.1. The van der Waals surface area contributed by atoms with E-state index in [9.17, 15) is 54.9 Å². The van der Waals surface area contributed by atoms with Crippen molar-refractivity contribution in [2.75, 3.05) is 39.9 Å². The third-order valence-corrected chi connectivity index (χ3v) is 14.0. The van der Waals surface area contributed by atoms with Crippen LogP contribution in [-0.2, 0) is 57.0 Å². The van der Waals surface area contributed by atoms with Crippen LogP contribution in [0.3, 0.4) is 0 Å². The molecule has 3 heterocycles. The van der Waals surface area contributed by atoms with E-state index >= 15 is 0 Å². The molecule has 0 bridgehead atoms. The minimum atomic E-state index is -1.98. The zero-order chi connectivity index (χ0) is 54.2. The Hall–Kier alpha value is -4.60. The molecular weight excluding hydrogens is 991 g/mol. The molecule has 16 unspecified atom stereocenters. The first kappa shape index (κ1) is 59.6. The Kier molecular flexibility index (Phi) is 23.2. The Bertz CT molecular complexity index is 2090. The van der Waals surface area contributed by atoms with Crippen molar-refractivity contribution in [2.24, 2.45) is 5.92 Å². The van der Waals surface area contributed by atoms with Gasteiger partial charge < -0.3 is 93.2 Å². The van der Waals surface area contributed by atoms with E-state index in [1.54, 1.807) is 18.2 Å². The summed E-state index contributed by atoms with van der Waals surface area (Å²) in [4.78, 5) is 53.2. The van der Waals surface area contributed by atoms with Crippen LogP contribution in [0.5, 0.6) is 11.5 Å². The highest BCUT2D eigenvalue weighted by atomic mass is 16.8. The second-order valence-corrected chi connectivity index (χ2v) is 19.3. The molecule has 4 fully saturated rings. The van der Waals surface area contributed by atoms with Crippen LogP contribution in [0.4, 0.5) is 5.69 Å². The fraction of sp³-hybridized carbons (Fsp3) is 0.692. The third kappa shape index (κ3) is 16.0. The topological polar surface area (TPSA) is 323 Å². The van der Waals surface area contributed by atoms with Crippen LogP contribution in [0.1, 0.15) is 101 Å². The molecule has 16 atom stereocenters. The second kappa shape index (κ2) is 29.2. The number of aliphatic hydroxyl groups is 6. The summed E-state index contributed by atoms with van der Waals surface area (Å²) >= 11 is 0. The smallest absolute Gasteiger partial charge is 0.338 e. The molecule has 3 saturated heterocycles. The minimum Gasteiger partial charge on any atom is -0.493 e. The highest BCUT2D eigenvalue weighted by Gasteiger charge is 2.57. The molecule has 1 saturated carbocycles. The number of carbonyl (C=O) groups excluding carboxylic acids is 3. The van der Waals surface area contributed by atoms with Crippen LogP contribution in [0.25, 0.3) is 0 Å². The van der Waals surface area contributed by atoms with Gasteiger partial charge in [-0.2, -0.15) is 0 Å². The quantitative estimate of drug-likeness (QED) is 0.0495. The molecular formula is C52H75NO22. The van der Waals surface area contributed by atoms with Crippen LogP contribution in [0.2, 0.25) is 0 Å². The van der Waals surface area contributed by atoms with E-state index in [1.807, 2.05) is 0 Å². The van der Waals surface area contributed by atoms with Gasteiger partial charge in [0.2, 0.25) is 0 Å². The number of ether oxygens (including phenoxy) is 11. The van der Waals surface area contributed by atoms with Gasteiger partial charge >= 0.3 is 17.9 Å². The molecule has 420 valence electrons. The Balaban J connectivity index is 1.38. The van der Waals surface area contributed by atoms with Crippen molar-refractivity contribution in [3.8, 4) is 11.5 Å². The lowest BCUT2D eigenvalue weighted by Crippen LogP contribution is -2.68. The van der Waals surface area contributed by atoms with Crippen molar-refractivity contribution in [1.82, 2.24) is 0 Å². The van der Waals surface area contributed by atoms with Gasteiger partial charge in [0.15, 0.2) is 48.7 Å². The number of rotatable bonds is 26. The third-order valence-electron chi connectivity index (χ3n) is 14.0. The average Bonchev–Trinajstić information content (AvgIpc) is 3.41. The maximum Gasteiger partial charge on any atom is 0.338 e. The Morgan fingerprint density at radius 1 is 0.693 bits per heavy atom. The SMILES string of the molecule is COC(=O)CCCCCCCCOC1OC(C(=O)Nc2ccc(OC)c(OC)c2)C(OC2OC(C)C(O)C(O)C2O)C(OC2OC(CO)C(O)C(OC(CC3CCCCC3)C(=O)O)C2OC(=O)c2ccccc2)C1O. The number of amides is 1. The van der Waals surface area contributed by atoms with Crippen LogP contribution in [0.15, 0.2) is 48.5 Å². The van der Waals surface area contributed by atoms with E-state index in [4.69, 9.17) is 52.1 Å². The van der Waals surface area contributed by atoms with Gasteiger partial charge in [-0.3, -0.25) is 9.59 Å². The standard InChI is InChI=1S/C52H75NO22/c1-28-37(56)39(58)40(59)51(69-28)74-44-43(41(60)50(68-24-16-8-6-5-7-15-21-36(55)67-4)75-45(44)47(61)53-31-22-23-32(65-2)33(26-31)66-3)73-52-46(72-49(64)30-19-13-10-14-20-30)42(38(57)35(27-54)71-52)70-34(48(62)63)25-29-17-11-9-12-18-29/h10,13-14,19-20,22-23,26,28-29,34-35,37-46,50-52,54,56-60H,5-9,11-12,15-18,21,24-25,27H2,1-4H3,(H,53,61)(H,62,63). The minimum absolute atomic E-state index is 0.0259. The zero-order valence-corrected chi connectivity index (χ0v) is 42.8. The monoisotopic (exact) mass is 1070 g/mol. The predicted octanol–water partition coefficient (Wildman–Crippen LogP) is 2.36. The number of hydrogen-bond acceptors (Lipinski definition) is 21. The van der Waals surface area contributed by atoms with E-state index in [-0.39, 0.29) is 41.9 Å². The van der Waals surface area contributed by atoms with Gasteiger partial charge in [-0.05, 0) is 56.4 Å². The first-order valence-electron chi connectivity index (χ1n) is 25.7. The predicted molar refractivity (Wildman–Crippen MR) is 260 cm³/mol. The van der Waals surface area contributed by atoms with Gasteiger partial charge in [-0.1, -0.05) is 76.0 Å². The van der Waals surface area contributed by atoms with Gasteiger partial charge in [0.25, 0.3) is 5.91 Å². The molecule has 2 aromatic carbocycles. The van der Waals surface area contributed by atoms with E-state index in [0.717, 1.165) is 51.4 Å². The van der Waals surface area contributed by atoms with Crippen molar-refractivity contribution < 1.29 is 107 Å². The highest BCUT2D eigenvalue weighted by Crippen LogP contribution is 2.38. The number of carbonyl (C=O) groups is 4. The summed E-state index contributed by atoms with van der Waals surface area (Å²) in [6.07, 6.45) is -19.6. The van der Waals surface area contributed by atoms with E-state index in [1.165, 1.54) is 58.6 Å². The van der Waals surface area contributed by atoms with Crippen LogP contribution in [-0.4, -0.2) is 192 Å². The largest absolute Gasteiger partial charge is 0.493 e. The number of carboxylic acid groups (broad SMARTS) is 1. The van der Waals surface area contributed by atoms with Crippen molar-refractivity contribution in [2.45, 2.75) is 189 Å². The number of esters is 2. The van der Waals surface area contributed by atoms with Crippen molar-refractivity contribution >= 4 is 29.5 Å². The Morgan fingerprint density at radius 2 is 1.37 bits per heavy atom. The van der Waals surface area contributed by atoms with Gasteiger partial charge in [-0.25, -0.2) is 9.59 Å². The summed E-state index contributed by atoms with van der Waals surface area (Å²) < 4.78 is 65.1. The number of carboxylic acids is 1. The zero-order valence-electron chi connectivity index (χ0n) is 42.8. The number of nitrogens with one attached hydrogen (secondary N) is 1. The first-order valence-corrected chi connectivity index (χ1v) is 25.7. The van der Waals surface area contributed by atoms with Crippen LogP contribution in [0, 0.1) is 5.92 Å². The lowest BCUT2D eigenvalue weighted by molar-refractivity contribution is -0.381. The van der Waals surface area contributed by atoms with Gasteiger partial charge in [0.1, 0.15) is 54.9 Å². The number of anilines is 1. The Labute approximate surface area is 435 Å². The molecule has 3 aliphatic heterocycles. The summed E-state index contributed by atoms with van der Waals surface area (Å²) in [6.45, 7) is 0.469. The molecule has 8 N–H and O–H groups in total. The molecule has 4 aliphatic rings. The van der Waals surface area contributed by atoms with Crippen molar-refractivity contribution in [3.05, 3.63) is 54.1 Å². The average molecular weight is 1070 g/mol. The Morgan fingerprint density at radius 3 is 2.04 bits per heavy atom. The van der Waals surface area contributed by atoms with Gasteiger partial charge in [0.05, 0.1) is 39.6 Å². The molecule has 0 radical (unpaired) electrons. The second-order valence-electron chi connectivity index (χ2n) is 19.3. The normalized spacial score (nSPS) is 31.7. The van der Waals surface area contributed by atoms with E-state index in [0.29, 0.717) is 31.4 Å². The molecule has 1 aliphatic carbocycles. The van der Waals surface area contributed by atoms with Gasteiger partial charge in [-0.15, -0.1) is 0 Å². The molecule has 6 rings (SSSR count). The number of unbranched alkanes of at least 4 members (excludes halogenated alkanes) is 5. The molecule has 1 amide bonds. The number of benzene rings is 2. The summed E-state index contributed by atoms with van der Waals surface area (Å²) in [5, 5.41) is 80.9.